The van der Waals surface area contributed by atoms with Gasteiger partial charge < -0.3 is 14.3 Å². The first-order valence-corrected chi connectivity index (χ1v) is 14.9. The Kier molecular flexibility index (Phi) is 6.52. The summed E-state index contributed by atoms with van der Waals surface area (Å²) in [6.45, 7) is 0. The Labute approximate surface area is 223 Å². The van der Waals surface area contributed by atoms with Crippen molar-refractivity contribution >= 4 is 36.5 Å². The number of sulfone groups is 1. The van der Waals surface area contributed by atoms with E-state index in [9.17, 15) is 26.0 Å². The van der Waals surface area contributed by atoms with Gasteiger partial charge in [0.2, 0.25) is 0 Å². The van der Waals surface area contributed by atoms with E-state index in [2.05, 4.69) is 9.71 Å². The zero-order valence-electron chi connectivity index (χ0n) is 20.7. The van der Waals surface area contributed by atoms with Crippen LogP contribution in [0.15, 0.2) is 99.8 Å². The molecule has 0 fully saturated rings. The molecular weight excluding hydrogens is 545 g/mol. The summed E-state index contributed by atoms with van der Waals surface area (Å²) in [7, 11) is -6.06. The molecule has 3 aromatic carbocycles. The molecule has 0 bridgehead atoms. The SMILES string of the molecule is Cn1cc(-c2cc(S(C)(=O)=O)ccc2Oc2cccc(NS(=O)(=O)c3cccc(F)c3)c2)c2cc[nH]c2c1=O. The maximum atomic E-state index is 13.6. The van der Waals surface area contributed by atoms with Crippen molar-refractivity contribution < 1.29 is 26.0 Å². The minimum Gasteiger partial charge on any atom is -0.457 e. The van der Waals surface area contributed by atoms with Crippen molar-refractivity contribution in [3.63, 3.8) is 0 Å². The van der Waals surface area contributed by atoms with E-state index in [1.165, 1.54) is 47.0 Å². The third kappa shape index (κ3) is 5.29. The van der Waals surface area contributed by atoms with Crippen LogP contribution in [0.3, 0.4) is 0 Å². The summed E-state index contributed by atoms with van der Waals surface area (Å²) in [6.07, 6.45) is 4.30. The van der Waals surface area contributed by atoms with E-state index in [-0.39, 0.29) is 32.5 Å². The van der Waals surface area contributed by atoms with Crippen LogP contribution in [0.25, 0.3) is 22.0 Å². The van der Waals surface area contributed by atoms with Crippen LogP contribution in [0.1, 0.15) is 0 Å². The lowest BCUT2D eigenvalue weighted by molar-refractivity contribution is 0.484. The van der Waals surface area contributed by atoms with E-state index in [4.69, 9.17) is 4.74 Å². The number of aromatic amines is 1. The molecule has 0 aliphatic carbocycles. The molecule has 0 saturated carbocycles. The lowest BCUT2D eigenvalue weighted by atomic mass is 10.0. The number of H-pyrrole nitrogens is 1. The average molecular weight is 568 g/mol. The number of nitrogens with one attached hydrogen (secondary N) is 2. The fourth-order valence-corrected chi connectivity index (χ4v) is 5.85. The van der Waals surface area contributed by atoms with Crippen LogP contribution >= 0.6 is 0 Å². The van der Waals surface area contributed by atoms with Crippen molar-refractivity contribution in [3.05, 3.63) is 101 Å². The highest BCUT2D eigenvalue weighted by molar-refractivity contribution is 7.92. The lowest BCUT2D eigenvalue weighted by Gasteiger charge is -2.15. The number of rotatable bonds is 7. The Morgan fingerprint density at radius 3 is 2.41 bits per heavy atom. The van der Waals surface area contributed by atoms with Gasteiger partial charge >= 0.3 is 0 Å². The molecule has 200 valence electrons. The van der Waals surface area contributed by atoms with Gasteiger partial charge in [0.15, 0.2) is 9.84 Å². The molecule has 2 aromatic heterocycles. The van der Waals surface area contributed by atoms with Gasteiger partial charge in [-0.25, -0.2) is 21.2 Å². The van der Waals surface area contributed by atoms with Gasteiger partial charge in [0, 0.05) is 48.3 Å². The summed E-state index contributed by atoms with van der Waals surface area (Å²) >= 11 is 0. The molecule has 5 aromatic rings. The molecule has 0 atom stereocenters. The smallest absolute Gasteiger partial charge is 0.274 e. The number of anilines is 1. The summed E-state index contributed by atoms with van der Waals surface area (Å²) < 4.78 is 73.7. The van der Waals surface area contributed by atoms with Crippen LogP contribution in [0, 0.1) is 5.82 Å². The Balaban J connectivity index is 1.57. The van der Waals surface area contributed by atoms with E-state index in [1.54, 1.807) is 37.6 Å². The third-order valence-electron chi connectivity index (χ3n) is 5.98. The average Bonchev–Trinajstić information content (AvgIpc) is 3.36. The minimum atomic E-state index is -4.07. The molecule has 2 N–H and O–H groups in total. The van der Waals surface area contributed by atoms with Gasteiger partial charge in [-0.1, -0.05) is 12.1 Å². The summed E-state index contributed by atoms with van der Waals surface area (Å²) in [5.41, 5.74) is 1.22. The highest BCUT2D eigenvalue weighted by atomic mass is 32.2. The maximum Gasteiger partial charge on any atom is 0.274 e. The zero-order valence-corrected chi connectivity index (χ0v) is 22.3. The second-order valence-electron chi connectivity index (χ2n) is 8.85. The number of ether oxygens (including phenoxy) is 1. The summed E-state index contributed by atoms with van der Waals surface area (Å²) in [4.78, 5) is 15.3. The molecule has 5 rings (SSSR count). The molecule has 0 unspecified atom stereocenters. The predicted molar refractivity (Wildman–Crippen MR) is 146 cm³/mol. The van der Waals surface area contributed by atoms with Crippen molar-refractivity contribution in [2.24, 2.45) is 7.05 Å². The van der Waals surface area contributed by atoms with E-state index in [0.29, 0.717) is 22.0 Å². The maximum absolute atomic E-state index is 13.6. The Hall–Kier alpha value is -4.42. The van der Waals surface area contributed by atoms with Crippen LogP contribution in [-0.2, 0) is 26.9 Å². The molecule has 0 spiro atoms. The van der Waals surface area contributed by atoms with Gasteiger partial charge in [0.1, 0.15) is 22.8 Å². The molecule has 0 aliphatic heterocycles. The molecule has 0 radical (unpaired) electrons. The monoisotopic (exact) mass is 567 g/mol. The normalized spacial score (nSPS) is 12.0. The van der Waals surface area contributed by atoms with Crippen molar-refractivity contribution in [2.45, 2.75) is 9.79 Å². The van der Waals surface area contributed by atoms with Crippen molar-refractivity contribution in [3.8, 4) is 22.6 Å². The van der Waals surface area contributed by atoms with Gasteiger partial charge in [-0.15, -0.1) is 0 Å². The van der Waals surface area contributed by atoms with E-state index < -0.39 is 25.7 Å². The first-order valence-electron chi connectivity index (χ1n) is 11.5. The van der Waals surface area contributed by atoms with Crippen LogP contribution in [0.5, 0.6) is 11.5 Å². The van der Waals surface area contributed by atoms with Gasteiger partial charge in [-0.3, -0.25) is 9.52 Å². The predicted octanol–water partition coefficient (Wildman–Crippen LogP) is 4.67. The number of fused-ring (bicyclic) bond motifs is 1. The van der Waals surface area contributed by atoms with Gasteiger partial charge in [-0.05, 0) is 54.6 Å². The molecule has 9 nitrogen and oxygen atoms in total. The van der Waals surface area contributed by atoms with E-state index >= 15 is 0 Å². The molecule has 2 heterocycles. The van der Waals surface area contributed by atoms with Crippen LogP contribution in [0.2, 0.25) is 0 Å². The summed E-state index contributed by atoms with van der Waals surface area (Å²) in [5.74, 6) is -0.165. The Morgan fingerprint density at radius 1 is 0.897 bits per heavy atom. The second-order valence-corrected chi connectivity index (χ2v) is 12.5. The standard InChI is InChI=1S/C27H22FN3O6S2/c1-31-16-24(22-11-12-29-26(22)27(31)32)23-15-20(38(2,33)34)9-10-25(23)37-19-7-4-6-18(14-19)30-39(35,36)21-8-3-5-17(28)13-21/h3-16,29-30H,1-2H3. The van der Waals surface area contributed by atoms with Gasteiger partial charge in [-0.2, -0.15) is 0 Å². The molecule has 0 amide bonds. The summed E-state index contributed by atoms with van der Waals surface area (Å²) in [5, 5.41) is 0.574. The minimum absolute atomic E-state index is 0.0546. The fourth-order valence-electron chi connectivity index (χ4n) is 4.12. The molecule has 12 heteroatoms. The first-order chi connectivity index (χ1) is 18.4. The van der Waals surface area contributed by atoms with Gasteiger partial charge in [0.25, 0.3) is 15.6 Å². The highest BCUT2D eigenvalue weighted by Gasteiger charge is 2.19. The quantitative estimate of drug-likeness (QED) is 0.294. The molecule has 0 saturated heterocycles. The number of halogens is 1. The van der Waals surface area contributed by atoms with Crippen molar-refractivity contribution in [1.29, 1.82) is 0 Å². The van der Waals surface area contributed by atoms with E-state index in [1.807, 2.05) is 0 Å². The fraction of sp³-hybridized carbons (Fsp3) is 0.0741. The Bertz CT molecular complexity index is 2020. The second kappa shape index (κ2) is 9.71. The third-order valence-corrected chi connectivity index (χ3v) is 8.47. The first kappa shape index (κ1) is 26.2. The Morgan fingerprint density at radius 2 is 1.67 bits per heavy atom. The summed E-state index contributed by atoms with van der Waals surface area (Å²) in [6, 6.07) is 16.8. The largest absolute Gasteiger partial charge is 0.457 e. The number of aryl methyl sites for hydroxylation is 1. The number of hydrogen-bond acceptors (Lipinski definition) is 6. The van der Waals surface area contributed by atoms with Crippen LogP contribution < -0.4 is 15.0 Å². The lowest BCUT2D eigenvalue weighted by Crippen LogP contribution is -2.16. The van der Waals surface area contributed by atoms with Crippen molar-refractivity contribution in [2.75, 3.05) is 11.0 Å². The molecule has 0 aliphatic rings. The number of pyridine rings is 1. The van der Waals surface area contributed by atoms with E-state index in [0.717, 1.165) is 18.4 Å². The van der Waals surface area contributed by atoms with Crippen LogP contribution in [0.4, 0.5) is 10.1 Å². The number of nitrogens with zero attached hydrogens (tertiary/aromatic N) is 1. The highest BCUT2D eigenvalue weighted by Crippen LogP contribution is 2.38. The van der Waals surface area contributed by atoms with Crippen molar-refractivity contribution in [1.82, 2.24) is 9.55 Å². The van der Waals surface area contributed by atoms with Gasteiger partial charge in [0.05, 0.1) is 15.5 Å². The number of hydrogen-bond donors (Lipinski definition) is 2. The molecular formula is C27H22FN3O6S2. The number of aromatic nitrogens is 2. The molecule has 39 heavy (non-hydrogen) atoms. The number of benzene rings is 3. The van der Waals surface area contributed by atoms with Crippen LogP contribution in [-0.4, -0.2) is 32.6 Å². The number of sulfonamides is 1. The zero-order chi connectivity index (χ0) is 27.9. The topological polar surface area (TPSA) is 127 Å².